The third-order valence-electron chi connectivity index (χ3n) is 3.96. The Morgan fingerprint density at radius 3 is 2.60 bits per heavy atom. The molecule has 3 rings (SSSR count). The molecule has 6 heteroatoms. The first-order valence-electron chi connectivity index (χ1n) is 6.73. The molecule has 2 heterocycles. The van der Waals surface area contributed by atoms with E-state index < -0.39 is 9.84 Å². The Morgan fingerprint density at radius 2 is 1.90 bits per heavy atom. The van der Waals surface area contributed by atoms with E-state index >= 15 is 0 Å². The van der Waals surface area contributed by atoms with Crippen LogP contribution in [0.15, 0.2) is 28.0 Å². The van der Waals surface area contributed by atoms with Crippen LogP contribution < -0.4 is 5.73 Å². The van der Waals surface area contributed by atoms with Crippen molar-refractivity contribution >= 4 is 21.6 Å². The van der Waals surface area contributed by atoms with E-state index in [1.54, 1.807) is 24.3 Å². The van der Waals surface area contributed by atoms with Gasteiger partial charge in [0, 0.05) is 38.4 Å². The molecule has 0 amide bonds. The van der Waals surface area contributed by atoms with Gasteiger partial charge in [0.25, 0.3) is 0 Å². The Labute approximate surface area is 119 Å². The van der Waals surface area contributed by atoms with Crippen molar-refractivity contribution in [1.29, 1.82) is 0 Å². The van der Waals surface area contributed by atoms with Gasteiger partial charge < -0.3 is 10.6 Å². The normalized spacial score (nSPS) is 22.6. The van der Waals surface area contributed by atoms with Gasteiger partial charge in [-0.3, -0.25) is 4.90 Å². The summed E-state index contributed by atoms with van der Waals surface area (Å²) in [4.78, 5) is 5.32. The van der Waals surface area contributed by atoms with Crippen molar-refractivity contribution in [2.24, 2.45) is 0 Å². The fourth-order valence-electron chi connectivity index (χ4n) is 2.67. The Morgan fingerprint density at radius 1 is 1.20 bits per heavy atom. The van der Waals surface area contributed by atoms with Crippen LogP contribution in [-0.4, -0.2) is 58.0 Å². The average Bonchev–Trinajstić information content (AvgIpc) is 2.63. The van der Waals surface area contributed by atoms with Crippen LogP contribution in [-0.2, 0) is 9.84 Å². The Hall–Kier alpha value is -1.37. The molecular formula is C14H19N3O2S. The first-order chi connectivity index (χ1) is 9.46. The van der Waals surface area contributed by atoms with Crippen molar-refractivity contribution < 1.29 is 8.42 Å². The number of fused-ring (bicyclic) bond motifs is 1. The quantitative estimate of drug-likeness (QED) is 0.811. The van der Waals surface area contributed by atoms with E-state index in [1.807, 2.05) is 0 Å². The van der Waals surface area contributed by atoms with Crippen molar-refractivity contribution in [3.63, 3.8) is 0 Å². The highest BCUT2D eigenvalue weighted by atomic mass is 32.2. The largest absolute Gasteiger partial charge is 0.399 e. The molecule has 5 nitrogen and oxygen atoms in total. The maximum atomic E-state index is 12.5. The smallest absolute Gasteiger partial charge is 0.204 e. The molecule has 0 unspecified atom stereocenters. The van der Waals surface area contributed by atoms with Gasteiger partial charge >= 0.3 is 0 Å². The summed E-state index contributed by atoms with van der Waals surface area (Å²) in [5, 5.41) is 0. The maximum Gasteiger partial charge on any atom is 0.204 e. The Kier molecular flexibility index (Phi) is 3.32. The zero-order valence-electron chi connectivity index (χ0n) is 11.5. The van der Waals surface area contributed by atoms with Gasteiger partial charge in [0.05, 0.1) is 9.80 Å². The SMILES string of the molecule is CN1CCN(CC2=Cc3cc(N)ccc3S2(=O)=O)CC1. The summed E-state index contributed by atoms with van der Waals surface area (Å²) in [6.07, 6.45) is 1.76. The molecule has 1 aromatic carbocycles. The van der Waals surface area contributed by atoms with Crippen LogP contribution >= 0.6 is 0 Å². The van der Waals surface area contributed by atoms with E-state index in [1.165, 1.54) is 0 Å². The summed E-state index contributed by atoms with van der Waals surface area (Å²) < 4.78 is 25.0. The molecule has 1 fully saturated rings. The molecule has 0 saturated carbocycles. The molecule has 0 aliphatic carbocycles. The zero-order valence-corrected chi connectivity index (χ0v) is 12.4. The number of nitrogens with two attached hydrogens (primary N) is 1. The number of piperazine rings is 1. The predicted octanol–water partition coefficient (Wildman–Crippen LogP) is 0.644. The summed E-state index contributed by atoms with van der Waals surface area (Å²) in [7, 11) is -1.24. The van der Waals surface area contributed by atoms with Crippen molar-refractivity contribution in [2.75, 3.05) is 45.5 Å². The van der Waals surface area contributed by atoms with Crippen molar-refractivity contribution in [2.45, 2.75) is 4.90 Å². The molecule has 2 aliphatic heterocycles. The number of anilines is 1. The molecule has 1 aromatic rings. The first kappa shape index (κ1) is 13.6. The number of sulfone groups is 1. The summed E-state index contributed by atoms with van der Waals surface area (Å²) in [6, 6.07) is 4.97. The second-order valence-electron chi connectivity index (χ2n) is 5.49. The first-order valence-corrected chi connectivity index (χ1v) is 8.21. The van der Waals surface area contributed by atoms with Gasteiger partial charge in [-0.2, -0.15) is 0 Å². The van der Waals surface area contributed by atoms with Crippen LogP contribution in [0.3, 0.4) is 0 Å². The Balaban J connectivity index is 1.83. The molecular weight excluding hydrogens is 274 g/mol. The van der Waals surface area contributed by atoms with E-state index in [2.05, 4.69) is 16.8 Å². The monoisotopic (exact) mass is 293 g/mol. The van der Waals surface area contributed by atoms with Crippen LogP contribution in [0.4, 0.5) is 5.69 Å². The van der Waals surface area contributed by atoms with E-state index in [-0.39, 0.29) is 0 Å². The van der Waals surface area contributed by atoms with Gasteiger partial charge in [-0.05, 0) is 36.9 Å². The molecule has 0 aromatic heterocycles. The van der Waals surface area contributed by atoms with Crippen molar-refractivity contribution in [3.05, 3.63) is 28.7 Å². The maximum absolute atomic E-state index is 12.5. The highest BCUT2D eigenvalue weighted by molar-refractivity contribution is 7.95. The average molecular weight is 293 g/mol. The van der Waals surface area contributed by atoms with Crippen LogP contribution in [0.5, 0.6) is 0 Å². The summed E-state index contributed by atoms with van der Waals surface area (Å²) in [6.45, 7) is 4.26. The molecule has 108 valence electrons. The van der Waals surface area contributed by atoms with Crippen molar-refractivity contribution in [3.8, 4) is 0 Å². The second-order valence-corrected chi connectivity index (χ2v) is 7.46. The fourth-order valence-corrected chi connectivity index (χ4v) is 4.27. The minimum Gasteiger partial charge on any atom is -0.399 e. The number of rotatable bonds is 2. The van der Waals surface area contributed by atoms with Crippen LogP contribution in [0.2, 0.25) is 0 Å². The Bertz CT molecular complexity index is 659. The number of nitrogen functional groups attached to an aromatic ring is 1. The third-order valence-corrected chi connectivity index (χ3v) is 5.85. The standard InChI is InChI=1S/C14H19N3O2S/c1-16-4-6-17(7-5-16)10-13-9-11-8-12(15)2-3-14(11)20(13,18)19/h2-3,8-9H,4-7,10,15H2,1H3. The molecule has 2 aliphatic rings. The number of hydrogen-bond donors (Lipinski definition) is 1. The van der Waals surface area contributed by atoms with Gasteiger partial charge in [0.15, 0.2) is 0 Å². The number of nitrogens with zero attached hydrogens (tertiary/aromatic N) is 2. The highest BCUT2D eigenvalue weighted by Gasteiger charge is 2.31. The van der Waals surface area contributed by atoms with Gasteiger partial charge in [-0.15, -0.1) is 0 Å². The lowest BCUT2D eigenvalue weighted by atomic mass is 10.2. The van der Waals surface area contributed by atoms with E-state index in [9.17, 15) is 8.42 Å². The minimum atomic E-state index is -3.33. The molecule has 0 atom stereocenters. The van der Waals surface area contributed by atoms with Gasteiger partial charge in [-0.1, -0.05) is 0 Å². The second kappa shape index (κ2) is 4.87. The lowest BCUT2D eigenvalue weighted by molar-refractivity contribution is 0.166. The zero-order chi connectivity index (χ0) is 14.3. The molecule has 20 heavy (non-hydrogen) atoms. The van der Waals surface area contributed by atoms with Crippen LogP contribution in [0.25, 0.3) is 6.08 Å². The molecule has 2 N–H and O–H groups in total. The fraction of sp³-hybridized carbons (Fsp3) is 0.429. The lowest BCUT2D eigenvalue weighted by Gasteiger charge is -2.32. The summed E-state index contributed by atoms with van der Waals surface area (Å²) >= 11 is 0. The molecule has 1 saturated heterocycles. The van der Waals surface area contributed by atoms with Crippen LogP contribution in [0, 0.1) is 0 Å². The van der Waals surface area contributed by atoms with Crippen LogP contribution in [0.1, 0.15) is 5.56 Å². The summed E-state index contributed by atoms with van der Waals surface area (Å²) in [5.74, 6) is 0. The van der Waals surface area contributed by atoms with Gasteiger partial charge in [0.2, 0.25) is 9.84 Å². The molecule has 0 spiro atoms. The number of benzene rings is 1. The lowest BCUT2D eigenvalue weighted by Crippen LogP contribution is -2.45. The predicted molar refractivity (Wildman–Crippen MR) is 80.0 cm³/mol. The summed E-state index contributed by atoms with van der Waals surface area (Å²) in [5.41, 5.74) is 7.03. The van der Waals surface area contributed by atoms with E-state index in [4.69, 9.17) is 5.73 Å². The molecule has 0 bridgehead atoms. The topological polar surface area (TPSA) is 66.6 Å². The highest BCUT2D eigenvalue weighted by Crippen LogP contribution is 2.34. The third kappa shape index (κ3) is 2.34. The van der Waals surface area contributed by atoms with E-state index in [0.717, 1.165) is 26.2 Å². The van der Waals surface area contributed by atoms with Crippen molar-refractivity contribution in [1.82, 2.24) is 9.80 Å². The number of likely N-dealkylation sites (N-methyl/N-ethyl adjacent to an activating group) is 1. The van der Waals surface area contributed by atoms with E-state index in [0.29, 0.717) is 27.6 Å². The molecule has 0 radical (unpaired) electrons. The number of hydrogen-bond acceptors (Lipinski definition) is 5. The van der Waals surface area contributed by atoms with Gasteiger partial charge in [-0.25, -0.2) is 8.42 Å². The minimum absolute atomic E-state index is 0.385. The van der Waals surface area contributed by atoms with Gasteiger partial charge in [0.1, 0.15) is 0 Å².